The highest BCUT2D eigenvalue weighted by atomic mass is 16.4. The zero-order chi connectivity index (χ0) is 15.3. The molecule has 1 rings (SSSR count). The zero-order valence-electron chi connectivity index (χ0n) is 11.6. The van der Waals surface area contributed by atoms with Gasteiger partial charge in [0.15, 0.2) is 0 Å². The lowest BCUT2D eigenvalue weighted by Gasteiger charge is -2.39. The fraction of sp³-hybridized carbons (Fsp3) is 0.615. The van der Waals surface area contributed by atoms with Gasteiger partial charge in [-0.25, -0.2) is 4.79 Å². The molecule has 0 saturated carbocycles. The number of piperidine rings is 1. The molecule has 0 aromatic heterocycles. The minimum atomic E-state index is -1.09. The van der Waals surface area contributed by atoms with Crippen molar-refractivity contribution < 1.29 is 19.5 Å². The van der Waals surface area contributed by atoms with Crippen molar-refractivity contribution in [3.8, 4) is 0 Å². The van der Waals surface area contributed by atoms with Crippen LogP contribution in [-0.4, -0.2) is 58.5 Å². The van der Waals surface area contributed by atoms with E-state index >= 15 is 0 Å². The molecule has 3 N–H and O–H groups in total. The zero-order valence-corrected chi connectivity index (χ0v) is 11.6. The Hall–Kier alpha value is -2.05. The third-order valence-electron chi connectivity index (χ3n) is 3.48. The van der Waals surface area contributed by atoms with Gasteiger partial charge in [-0.15, -0.1) is 6.58 Å². The maximum Gasteiger partial charge on any atom is 0.323 e. The maximum absolute atomic E-state index is 12.4. The number of urea groups is 1. The molecule has 2 unspecified atom stereocenters. The summed E-state index contributed by atoms with van der Waals surface area (Å²) in [6, 6.07) is -0.440. The van der Waals surface area contributed by atoms with Crippen molar-refractivity contribution in [1.29, 1.82) is 0 Å². The van der Waals surface area contributed by atoms with Crippen LogP contribution in [0.15, 0.2) is 12.7 Å². The number of amides is 3. The van der Waals surface area contributed by atoms with Gasteiger partial charge < -0.3 is 20.6 Å². The summed E-state index contributed by atoms with van der Waals surface area (Å²) in [6.07, 6.45) is 2.80. The first kappa shape index (κ1) is 16.0. The SMILES string of the molecule is C=CCN(CC(=O)O)C(=O)N1CC(C(N)=O)CCC1C. The minimum absolute atomic E-state index is 0.0424. The molecule has 1 aliphatic rings. The van der Waals surface area contributed by atoms with Gasteiger partial charge in [-0.2, -0.15) is 0 Å². The lowest BCUT2D eigenvalue weighted by atomic mass is 9.93. The Balaban J connectivity index is 2.81. The van der Waals surface area contributed by atoms with Crippen LogP contribution in [-0.2, 0) is 9.59 Å². The molecule has 1 aliphatic heterocycles. The van der Waals surface area contributed by atoms with Gasteiger partial charge in [0, 0.05) is 19.1 Å². The second kappa shape index (κ2) is 6.93. The number of nitrogens with zero attached hydrogens (tertiary/aromatic N) is 2. The van der Waals surface area contributed by atoms with E-state index < -0.39 is 24.5 Å². The molecule has 7 nitrogen and oxygen atoms in total. The van der Waals surface area contributed by atoms with E-state index in [1.54, 1.807) is 0 Å². The Labute approximate surface area is 118 Å². The highest BCUT2D eigenvalue weighted by Crippen LogP contribution is 2.22. The van der Waals surface area contributed by atoms with E-state index in [1.165, 1.54) is 15.9 Å². The average molecular weight is 283 g/mol. The summed E-state index contributed by atoms with van der Waals surface area (Å²) < 4.78 is 0. The third kappa shape index (κ3) is 3.97. The number of nitrogens with two attached hydrogens (primary N) is 1. The van der Waals surface area contributed by atoms with E-state index in [1.807, 2.05) is 6.92 Å². The lowest BCUT2D eigenvalue weighted by Crippen LogP contribution is -2.54. The highest BCUT2D eigenvalue weighted by Gasteiger charge is 2.33. The van der Waals surface area contributed by atoms with E-state index in [9.17, 15) is 14.4 Å². The van der Waals surface area contributed by atoms with Crippen molar-refractivity contribution in [2.24, 2.45) is 11.7 Å². The van der Waals surface area contributed by atoms with Gasteiger partial charge in [0.25, 0.3) is 0 Å². The van der Waals surface area contributed by atoms with Crippen molar-refractivity contribution >= 4 is 17.9 Å². The smallest absolute Gasteiger partial charge is 0.323 e. The Morgan fingerprint density at radius 2 is 2.10 bits per heavy atom. The molecule has 112 valence electrons. The molecular weight excluding hydrogens is 262 g/mol. The van der Waals surface area contributed by atoms with E-state index in [2.05, 4.69) is 6.58 Å². The molecule has 1 heterocycles. The quantitative estimate of drug-likeness (QED) is 0.706. The number of carbonyl (C=O) groups excluding carboxylic acids is 2. The van der Waals surface area contributed by atoms with Gasteiger partial charge in [0.05, 0.1) is 5.92 Å². The fourth-order valence-electron chi connectivity index (χ4n) is 2.32. The Morgan fingerprint density at radius 3 is 2.60 bits per heavy atom. The van der Waals surface area contributed by atoms with E-state index in [-0.39, 0.29) is 25.0 Å². The van der Waals surface area contributed by atoms with Gasteiger partial charge in [-0.1, -0.05) is 6.08 Å². The van der Waals surface area contributed by atoms with E-state index in [4.69, 9.17) is 10.8 Å². The topological polar surface area (TPSA) is 104 Å². The molecule has 0 radical (unpaired) electrons. The predicted molar refractivity (Wildman–Crippen MR) is 72.9 cm³/mol. The molecule has 0 aromatic carbocycles. The van der Waals surface area contributed by atoms with Gasteiger partial charge in [-0.05, 0) is 19.8 Å². The lowest BCUT2D eigenvalue weighted by molar-refractivity contribution is -0.137. The summed E-state index contributed by atoms with van der Waals surface area (Å²) in [5, 5.41) is 8.84. The number of rotatable bonds is 5. The Bertz CT molecular complexity index is 410. The van der Waals surface area contributed by atoms with Crippen LogP contribution < -0.4 is 5.73 Å². The summed E-state index contributed by atoms with van der Waals surface area (Å²) in [5.41, 5.74) is 5.29. The van der Waals surface area contributed by atoms with Gasteiger partial charge >= 0.3 is 12.0 Å². The largest absolute Gasteiger partial charge is 0.480 e. The summed E-state index contributed by atoms with van der Waals surface area (Å²) in [7, 11) is 0. The number of carbonyl (C=O) groups is 3. The molecule has 3 amide bonds. The molecule has 0 aliphatic carbocycles. The predicted octanol–water partition coefficient (Wildman–Crippen LogP) is 0.265. The van der Waals surface area contributed by atoms with Crippen molar-refractivity contribution in [3.05, 3.63) is 12.7 Å². The molecule has 1 saturated heterocycles. The van der Waals surface area contributed by atoms with Crippen molar-refractivity contribution in [2.75, 3.05) is 19.6 Å². The van der Waals surface area contributed by atoms with Gasteiger partial charge in [-0.3, -0.25) is 9.59 Å². The van der Waals surface area contributed by atoms with Crippen LogP contribution in [0.5, 0.6) is 0 Å². The summed E-state index contributed by atoms with van der Waals surface area (Å²) >= 11 is 0. The van der Waals surface area contributed by atoms with E-state index in [0.717, 1.165) is 0 Å². The number of carboxylic acids is 1. The van der Waals surface area contributed by atoms with Gasteiger partial charge in [0.2, 0.25) is 5.91 Å². The van der Waals surface area contributed by atoms with Crippen LogP contribution in [0, 0.1) is 5.92 Å². The molecule has 1 fully saturated rings. The van der Waals surface area contributed by atoms with Gasteiger partial charge in [0.1, 0.15) is 6.54 Å². The fourth-order valence-corrected chi connectivity index (χ4v) is 2.32. The maximum atomic E-state index is 12.4. The first-order valence-electron chi connectivity index (χ1n) is 6.54. The minimum Gasteiger partial charge on any atom is -0.480 e. The normalized spacial score (nSPS) is 22.1. The standard InChI is InChI=1S/C13H21N3O4/c1-3-6-15(8-11(17)18)13(20)16-7-10(12(14)19)5-4-9(16)2/h3,9-10H,1,4-8H2,2H3,(H2,14,19)(H,17,18). The third-order valence-corrected chi connectivity index (χ3v) is 3.48. The highest BCUT2D eigenvalue weighted by molar-refractivity contribution is 5.82. The summed E-state index contributed by atoms with van der Waals surface area (Å²) in [5.74, 6) is -1.88. The average Bonchev–Trinajstić information content (AvgIpc) is 2.37. The van der Waals surface area contributed by atoms with Crippen molar-refractivity contribution in [2.45, 2.75) is 25.8 Å². The Morgan fingerprint density at radius 1 is 1.45 bits per heavy atom. The van der Waals surface area contributed by atoms with Crippen LogP contribution in [0.1, 0.15) is 19.8 Å². The van der Waals surface area contributed by atoms with Crippen LogP contribution in [0.25, 0.3) is 0 Å². The van der Waals surface area contributed by atoms with Crippen LogP contribution in [0.2, 0.25) is 0 Å². The first-order valence-corrected chi connectivity index (χ1v) is 6.54. The summed E-state index contributed by atoms with van der Waals surface area (Å²) in [6.45, 7) is 5.39. The monoisotopic (exact) mass is 283 g/mol. The van der Waals surface area contributed by atoms with Crippen LogP contribution in [0.4, 0.5) is 4.79 Å². The van der Waals surface area contributed by atoms with Crippen molar-refractivity contribution in [1.82, 2.24) is 9.80 Å². The molecule has 0 aromatic rings. The number of likely N-dealkylation sites (tertiary alicyclic amines) is 1. The molecule has 2 atom stereocenters. The van der Waals surface area contributed by atoms with Crippen LogP contribution in [0.3, 0.4) is 0 Å². The molecular formula is C13H21N3O4. The van der Waals surface area contributed by atoms with E-state index in [0.29, 0.717) is 12.8 Å². The van der Waals surface area contributed by atoms with Crippen LogP contribution >= 0.6 is 0 Å². The number of hydrogen-bond acceptors (Lipinski definition) is 3. The summed E-state index contributed by atoms with van der Waals surface area (Å²) in [4.78, 5) is 37.2. The van der Waals surface area contributed by atoms with Crippen molar-refractivity contribution in [3.63, 3.8) is 0 Å². The Kier molecular flexibility index (Phi) is 5.54. The molecule has 0 spiro atoms. The number of primary amides is 1. The number of carboxylic acid groups (broad SMARTS) is 1. The number of aliphatic carboxylic acids is 1. The molecule has 0 bridgehead atoms. The molecule has 20 heavy (non-hydrogen) atoms. The molecule has 7 heteroatoms. The number of hydrogen-bond donors (Lipinski definition) is 2. The second-order valence-electron chi connectivity index (χ2n) is 5.02. The first-order chi connectivity index (χ1) is 9.36. The second-order valence-corrected chi connectivity index (χ2v) is 5.02.